The van der Waals surface area contributed by atoms with E-state index in [2.05, 4.69) is 40.0 Å². The predicted octanol–water partition coefficient (Wildman–Crippen LogP) is -5.99. The number of nitrogens with zero attached hydrogens (tertiary/aromatic N) is 8. The van der Waals surface area contributed by atoms with E-state index < -0.39 is 40.1 Å². The van der Waals surface area contributed by atoms with Crippen LogP contribution in [0.25, 0.3) is 67.1 Å². The Hall–Kier alpha value is -2.84. The van der Waals surface area contributed by atoms with Gasteiger partial charge in [0, 0.05) is 21.1 Å². The van der Waals surface area contributed by atoms with Gasteiger partial charge in [-0.15, -0.1) is 20.4 Å². The standard InChI is InChI=1S/C40H26N8O12S4.4Na/c49-59-60-61-36-22-35-40(33-4-2-1-3-32(33)36)46-48(44-35)29-13-8-24(38(21-29)64(56,57)58)6-5-23-7-10-27(20-37(23)63(53,54)55)42-41-26-11-14-28(15-12-26)47-43-34-18-9-25-19-30(62(50,51)52)16-17-31(25)39(34)45-47;;;;/h1-22,49H,(H,50,51,52)(H,53,54,55)(H,56,57,58);;;;/q;4*+1/p-4. The van der Waals surface area contributed by atoms with Crippen LogP contribution in [-0.4, -0.2) is 68.9 Å². The zero-order chi connectivity index (χ0) is 45.0. The summed E-state index contributed by atoms with van der Waals surface area (Å²) in [6, 6.07) is 29.7. The van der Waals surface area contributed by atoms with Gasteiger partial charge in [0.05, 0.1) is 49.5 Å². The van der Waals surface area contributed by atoms with E-state index in [1.54, 1.807) is 66.7 Å². The summed E-state index contributed by atoms with van der Waals surface area (Å²) in [4.78, 5) is 1.21. The van der Waals surface area contributed by atoms with Crippen molar-refractivity contribution in [3.8, 4) is 11.4 Å². The zero-order valence-electron chi connectivity index (χ0n) is 35.8. The third kappa shape index (κ3) is 12.1. The fourth-order valence-corrected chi connectivity index (χ4v) is 9.21. The molecule has 0 unspecified atom stereocenters. The molecule has 7 aromatic carbocycles. The first-order valence-electron chi connectivity index (χ1n) is 18.1. The van der Waals surface area contributed by atoms with Gasteiger partial charge in [0.25, 0.3) is 0 Å². The van der Waals surface area contributed by atoms with Crippen molar-refractivity contribution in [3.05, 3.63) is 132 Å². The van der Waals surface area contributed by atoms with Crippen molar-refractivity contribution in [2.45, 2.75) is 19.6 Å². The van der Waals surface area contributed by atoms with Crippen molar-refractivity contribution < 1.29 is 172 Å². The number of hydrogen-bond donors (Lipinski definition) is 0. The molecule has 0 bridgehead atoms. The van der Waals surface area contributed by atoms with Crippen LogP contribution >= 0.6 is 12.0 Å². The van der Waals surface area contributed by atoms with Crippen molar-refractivity contribution >= 4 is 110 Å². The quantitative estimate of drug-likeness (QED) is 0.0209. The minimum absolute atomic E-state index is 0. The molecule has 0 N–H and O–H groups in total. The van der Waals surface area contributed by atoms with Crippen LogP contribution in [0.4, 0.5) is 11.4 Å². The zero-order valence-corrected chi connectivity index (χ0v) is 47.1. The first-order valence-corrected chi connectivity index (χ1v) is 23.1. The molecule has 0 aliphatic heterocycles. The van der Waals surface area contributed by atoms with Gasteiger partial charge in [0.1, 0.15) is 52.4 Å². The molecule has 0 amide bonds. The van der Waals surface area contributed by atoms with E-state index in [0.29, 0.717) is 71.9 Å². The van der Waals surface area contributed by atoms with Crippen LogP contribution in [0.15, 0.2) is 151 Å². The van der Waals surface area contributed by atoms with E-state index in [0.717, 1.165) is 23.0 Å². The predicted molar refractivity (Wildman–Crippen MR) is 224 cm³/mol. The maximum Gasteiger partial charge on any atom is 1.00 e. The third-order valence-electron chi connectivity index (χ3n) is 9.70. The fraction of sp³-hybridized carbons (Fsp3) is 0. The summed E-state index contributed by atoms with van der Waals surface area (Å²) in [5.41, 5.74) is 2.41. The number of benzene rings is 7. The van der Waals surface area contributed by atoms with Gasteiger partial charge in [-0.25, -0.2) is 25.3 Å². The average Bonchev–Trinajstić information content (AvgIpc) is 3.92. The molecule has 0 saturated carbocycles. The molecule has 0 radical (unpaired) electrons. The van der Waals surface area contributed by atoms with Gasteiger partial charge in [-0.1, -0.05) is 60.7 Å². The molecule has 9 aromatic rings. The molecular formula is C40H22N8Na4O12S4. The SMILES string of the molecule is O=S(=O)([O-])c1ccc2c(ccc3nn(-c4ccc(N=Nc5ccc(C=Cc6ccc(-n7nc8cc(SOO[O-])c9ccccc9c8n7)cc6S(=O)(=O)[O-])c(S(=O)(=O)[O-])c5)cc4)nc32)c1.[Na+].[Na+].[Na+].[Na+]. The number of rotatable bonds is 12. The Morgan fingerprint density at radius 2 is 1.09 bits per heavy atom. The molecule has 20 nitrogen and oxygen atoms in total. The monoisotopic (exact) mass is 1030 g/mol. The van der Waals surface area contributed by atoms with Crippen LogP contribution in [0.3, 0.4) is 0 Å². The molecule has 0 spiro atoms. The summed E-state index contributed by atoms with van der Waals surface area (Å²) < 4.78 is 114. The summed E-state index contributed by atoms with van der Waals surface area (Å²) in [5.74, 6) is 0. The largest absolute Gasteiger partial charge is 1.00 e. The summed E-state index contributed by atoms with van der Waals surface area (Å²) in [7, 11) is -14.9. The summed E-state index contributed by atoms with van der Waals surface area (Å²) in [5, 5.41) is 42.5. The van der Waals surface area contributed by atoms with E-state index >= 15 is 0 Å². The van der Waals surface area contributed by atoms with Gasteiger partial charge in [-0.3, -0.25) is 5.04 Å². The van der Waals surface area contributed by atoms with E-state index in [4.69, 9.17) is 0 Å². The molecule has 9 rings (SSSR count). The fourth-order valence-electron chi connectivity index (χ4n) is 6.79. The minimum atomic E-state index is -5.14. The van der Waals surface area contributed by atoms with Crippen molar-refractivity contribution in [2.75, 3.05) is 0 Å². The van der Waals surface area contributed by atoms with Gasteiger partial charge < -0.3 is 18.9 Å². The van der Waals surface area contributed by atoms with Gasteiger partial charge in [0.15, 0.2) is 0 Å². The summed E-state index contributed by atoms with van der Waals surface area (Å²) in [6.45, 7) is 0. The molecule has 68 heavy (non-hydrogen) atoms. The van der Waals surface area contributed by atoms with Crippen LogP contribution < -0.4 is 123 Å². The van der Waals surface area contributed by atoms with Crippen molar-refractivity contribution in [1.82, 2.24) is 30.0 Å². The van der Waals surface area contributed by atoms with E-state index in [-0.39, 0.29) is 146 Å². The second-order valence-corrected chi connectivity index (χ2v) is 18.5. The van der Waals surface area contributed by atoms with E-state index in [9.17, 15) is 44.2 Å². The number of fused-ring (bicyclic) bond motifs is 6. The molecule has 2 aromatic heterocycles. The molecule has 0 aliphatic carbocycles. The maximum atomic E-state index is 12.5. The molecule has 0 atom stereocenters. The Morgan fingerprint density at radius 3 is 1.74 bits per heavy atom. The van der Waals surface area contributed by atoms with Crippen LogP contribution in [0.5, 0.6) is 0 Å². The Morgan fingerprint density at radius 1 is 0.529 bits per heavy atom. The molecule has 28 heteroatoms. The normalized spacial score (nSPS) is 12.1. The van der Waals surface area contributed by atoms with Crippen molar-refractivity contribution in [3.63, 3.8) is 0 Å². The van der Waals surface area contributed by atoms with Crippen molar-refractivity contribution in [1.29, 1.82) is 0 Å². The number of azo groups is 1. The molecule has 0 saturated heterocycles. The first kappa shape index (κ1) is 56.1. The van der Waals surface area contributed by atoms with Gasteiger partial charge in [0.2, 0.25) is 0 Å². The number of aromatic nitrogens is 6. The number of hydrogen-bond acceptors (Lipinski definition) is 19. The van der Waals surface area contributed by atoms with Crippen LogP contribution in [0.1, 0.15) is 11.1 Å². The summed E-state index contributed by atoms with van der Waals surface area (Å²) >= 11 is 0.660. The van der Waals surface area contributed by atoms with Gasteiger partial charge >= 0.3 is 118 Å². The van der Waals surface area contributed by atoms with E-state index in [1.165, 1.54) is 53.3 Å². The molecular weight excluding hydrogens is 1000 g/mol. The molecule has 322 valence electrons. The third-order valence-corrected chi connectivity index (χ3v) is 13.0. The first-order chi connectivity index (χ1) is 30.5. The van der Waals surface area contributed by atoms with Gasteiger partial charge in [-0.05, 0) is 89.3 Å². The molecule has 2 heterocycles. The average molecular weight is 1030 g/mol. The van der Waals surface area contributed by atoms with Crippen LogP contribution in [-0.2, 0) is 39.7 Å². The smallest absolute Gasteiger partial charge is 0.744 e. The molecule has 0 fully saturated rings. The minimum Gasteiger partial charge on any atom is -0.744 e. The topological polar surface area (TPSA) is 299 Å². The van der Waals surface area contributed by atoms with E-state index in [1.807, 2.05) is 0 Å². The second-order valence-electron chi connectivity index (χ2n) is 13.7. The van der Waals surface area contributed by atoms with Gasteiger partial charge in [-0.2, -0.15) is 24.2 Å². The summed E-state index contributed by atoms with van der Waals surface area (Å²) in [6.07, 6.45) is 2.33. The van der Waals surface area contributed by atoms with Crippen LogP contribution in [0, 0.1) is 0 Å². The van der Waals surface area contributed by atoms with Crippen LogP contribution in [0.2, 0.25) is 0 Å². The second kappa shape index (κ2) is 22.7. The Kier molecular flexibility index (Phi) is 18.7. The van der Waals surface area contributed by atoms with Crippen molar-refractivity contribution in [2.24, 2.45) is 10.2 Å². The Bertz CT molecular complexity index is 3790. The Labute approximate surface area is 478 Å². The molecule has 0 aliphatic rings. The maximum absolute atomic E-state index is 12.5. The Balaban J connectivity index is 0.00000216.